The van der Waals surface area contributed by atoms with Crippen molar-refractivity contribution in [2.75, 3.05) is 0 Å². The molecule has 0 amide bonds. The molecule has 34 heavy (non-hydrogen) atoms. The van der Waals surface area contributed by atoms with Gasteiger partial charge in [0.15, 0.2) is 5.41 Å². The van der Waals surface area contributed by atoms with Gasteiger partial charge in [-0.2, -0.15) is 0 Å². The van der Waals surface area contributed by atoms with E-state index < -0.39 is 66.4 Å². The van der Waals surface area contributed by atoms with Gasteiger partial charge in [-0.05, 0) is 56.9 Å². The minimum Gasteiger partial charge on any atom is -0.481 e. The predicted octanol–water partition coefficient (Wildman–Crippen LogP) is 3.16. The van der Waals surface area contributed by atoms with Gasteiger partial charge in [-0.3, -0.25) is 19.2 Å². The fourth-order valence-electron chi connectivity index (χ4n) is 3.92. The molecule has 0 radical (unpaired) electrons. The summed E-state index contributed by atoms with van der Waals surface area (Å²) in [6, 6.07) is 9.20. The molecule has 10 nitrogen and oxygen atoms in total. The summed E-state index contributed by atoms with van der Waals surface area (Å²) in [6.07, 6.45) is -0.872. The second-order valence-electron chi connectivity index (χ2n) is 8.26. The lowest BCUT2D eigenvalue weighted by Gasteiger charge is -2.28. The number of rotatable bonds is 17. The highest BCUT2D eigenvalue weighted by Crippen LogP contribution is 2.36. The van der Waals surface area contributed by atoms with Crippen LogP contribution in [0.4, 0.5) is 0 Å². The summed E-state index contributed by atoms with van der Waals surface area (Å²) in [5.41, 5.74) is -1.63. The summed E-state index contributed by atoms with van der Waals surface area (Å²) in [5.74, 6) is -10.3. The average molecular weight is 478 g/mol. The molecule has 1 aromatic rings. The molecule has 0 aromatic heterocycles. The Bertz CT molecular complexity index is 892. The van der Waals surface area contributed by atoms with E-state index in [0.717, 1.165) is 5.56 Å². The van der Waals surface area contributed by atoms with Crippen molar-refractivity contribution < 1.29 is 49.5 Å². The van der Waals surface area contributed by atoms with Gasteiger partial charge in [0.1, 0.15) is 0 Å². The molecule has 0 aliphatic heterocycles. The van der Waals surface area contributed by atoms with Crippen LogP contribution in [0, 0.1) is 17.3 Å². The van der Waals surface area contributed by atoms with Gasteiger partial charge in [0.2, 0.25) is 0 Å². The fourth-order valence-corrected chi connectivity index (χ4v) is 3.92. The molecule has 0 saturated heterocycles. The lowest BCUT2D eigenvalue weighted by Crippen LogP contribution is -2.41. The Balaban J connectivity index is 2.97. The summed E-state index contributed by atoms with van der Waals surface area (Å²) in [7, 11) is 0. The van der Waals surface area contributed by atoms with E-state index in [4.69, 9.17) is 5.11 Å². The standard InChI is InChI=1S/C24H30O10/c1-15(19(25)26)7-6-13-24(22(31)32,23(33)34)14-12-18(21(29)30)17(20(27)28)11-5-10-16-8-3-2-4-9-16/h2-4,8-9,17-18H,1,5-7,10-14H2,(H,25,26)(H,27,28)(H,29,30)(H,31,32)(H,33,34). The van der Waals surface area contributed by atoms with Crippen LogP contribution >= 0.6 is 0 Å². The molecule has 5 N–H and O–H groups in total. The third-order valence-corrected chi connectivity index (χ3v) is 6.03. The average Bonchev–Trinajstić information content (AvgIpc) is 2.76. The maximum absolute atomic E-state index is 11.9. The van der Waals surface area contributed by atoms with E-state index in [2.05, 4.69) is 6.58 Å². The molecule has 0 saturated carbocycles. The van der Waals surface area contributed by atoms with Crippen molar-refractivity contribution in [3.05, 3.63) is 48.0 Å². The monoisotopic (exact) mass is 478 g/mol. The fraction of sp³-hybridized carbons (Fsp3) is 0.458. The Labute approximate surface area is 196 Å². The van der Waals surface area contributed by atoms with E-state index in [-0.39, 0.29) is 24.8 Å². The Morgan fingerprint density at radius 3 is 1.76 bits per heavy atom. The number of carboxylic acid groups (broad SMARTS) is 5. The van der Waals surface area contributed by atoms with Crippen molar-refractivity contribution >= 4 is 29.8 Å². The first-order valence-electron chi connectivity index (χ1n) is 10.8. The SMILES string of the molecule is C=C(CCCC(CCC(C(=O)O)C(CCCc1ccccc1)C(=O)O)(C(=O)O)C(=O)O)C(=O)O. The predicted molar refractivity (Wildman–Crippen MR) is 119 cm³/mol. The zero-order valence-electron chi connectivity index (χ0n) is 18.7. The van der Waals surface area contributed by atoms with Gasteiger partial charge in [-0.1, -0.05) is 36.9 Å². The largest absolute Gasteiger partial charge is 0.481 e. The molecule has 10 heteroatoms. The van der Waals surface area contributed by atoms with Crippen LogP contribution < -0.4 is 0 Å². The molecule has 1 aromatic carbocycles. The van der Waals surface area contributed by atoms with E-state index in [1.165, 1.54) is 0 Å². The second kappa shape index (κ2) is 13.1. The maximum atomic E-state index is 11.9. The summed E-state index contributed by atoms with van der Waals surface area (Å²) >= 11 is 0. The molecule has 0 fully saturated rings. The minimum atomic E-state index is -2.38. The summed E-state index contributed by atoms with van der Waals surface area (Å²) in [5, 5.41) is 47.5. The van der Waals surface area contributed by atoms with Crippen LogP contribution in [0.2, 0.25) is 0 Å². The second-order valence-corrected chi connectivity index (χ2v) is 8.26. The topological polar surface area (TPSA) is 186 Å². The van der Waals surface area contributed by atoms with Gasteiger partial charge in [0.05, 0.1) is 11.8 Å². The van der Waals surface area contributed by atoms with Crippen LogP contribution in [0.3, 0.4) is 0 Å². The van der Waals surface area contributed by atoms with E-state index >= 15 is 0 Å². The van der Waals surface area contributed by atoms with E-state index in [1.54, 1.807) is 0 Å². The Kier molecular flexibility index (Phi) is 10.9. The maximum Gasteiger partial charge on any atom is 0.330 e. The smallest absolute Gasteiger partial charge is 0.330 e. The number of aryl methyl sites for hydroxylation is 1. The van der Waals surface area contributed by atoms with Gasteiger partial charge in [0, 0.05) is 5.57 Å². The van der Waals surface area contributed by atoms with Crippen molar-refractivity contribution in [2.45, 2.75) is 51.4 Å². The first-order chi connectivity index (χ1) is 15.9. The molecule has 2 atom stereocenters. The summed E-state index contributed by atoms with van der Waals surface area (Å²) in [6.45, 7) is 3.32. The third kappa shape index (κ3) is 8.02. The molecule has 1 rings (SSSR count). The van der Waals surface area contributed by atoms with E-state index in [1.807, 2.05) is 30.3 Å². The molecule has 2 unspecified atom stereocenters. The normalized spacial score (nSPS) is 12.9. The lowest BCUT2D eigenvalue weighted by atomic mass is 9.74. The Hall–Kier alpha value is -3.69. The molecular weight excluding hydrogens is 448 g/mol. The van der Waals surface area contributed by atoms with Crippen LogP contribution in [0.1, 0.15) is 50.5 Å². The molecule has 0 aliphatic carbocycles. The van der Waals surface area contributed by atoms with Crippen molar-refractivity contribution in [1.29, 1.82) is 0 Å². The molecule has 0 spiro atoms. The highest BCUT2D eigenvalue weighted by molar-refractivity contribution is 5.98. The van der Waals surface area contributed by atoms with Gasteiger partial charge in [0.25, 0.3) is 0 Å². The number of aliphatic carboxylic acids is 5. The van der Waals surface area contributed by atoms with Gasteiger partial charge in [-0.25, -0.2) is 4.79 Å². The number of benzene rings is 1. The number of hydrogen-bond acceptors (Lipinski definition) is 5. The number of carboxylic acids is 5. The quantitative estimate of drug-likeness (QED) is 0.164. The first kappa shape index (κ1) is 28.3. The van der Waals surface area contributed by atoms with Crippen LogP contribution in [-0.2, 0) is 30.4 Å². The highest BCUT2D eigenvalue weighted by Gasteiger charge is 2.47. The van der Waals surface area contributed by atoms with Crippen molar-refractivity contribution in [3.63, 3.8) is 0 Å². The van der Waals surface area contributed by atoms with Gasteiger partial charge >= 0.3 is 29.8 Å². The van der Waals surface area contributed by atoms with Crippen LogP contribution in [0.25, 0.3) is 0 Å². The third-order valence-electron chi connectivity index (χ3n) is 6.03. The number of carbonyl (C=O) groups is 5. The molecular formula is C24H30O10. The lowest BCUT2D eigenvalue weighted by molar-refractivity contribution is -0.167. The van der Waals surface area contributed by atoms with Crippen LogP contribution in [-0.4, -0.2) is 55.4 Å². The Morgan fingerprint density at radius 1 is 0.765 bits per heavy atom. The Morgan fingerprint density at radius 2 is 1.29 bits per heavy atom. The van der Waals surface area contributed by atoms with Crippen molar-refractivity contribution in [1.82, 2.24) is 0 Å². The van der Waals surface area contributed by atoms with Crippen molar-refractivity contribution in [2.24, 2.45) is 17.3 Å². The van der Waals surface area contributed by atoms with E-state index in [9.17, 15) is 44.4 Å². The number of hydrogen-bond donors (Lipinski definition) is 5. The molecule has 186 valence electrons. The van der Waals surface area contributed by atoms with E-state index in [0.29, 0.717) is 12.8 Å². The van der Waals surface area contributed by atoms with Crippen LogP contribution in [0.5, 0.6) is 0 Å². The van der Waals surface area contributed by atoms with Gasteiger partial charge in [-0.15, -0.1) is 0 Å². The zero-order chi connectivity index (χ0) is 25.9. The van der Waals surface area contributed by atoms with Crippen LogP contribution in [0.15, 0.2) is 42.5 Å². The van der Waals surface area contributed by atoms with Gasteiger partial charge < -0.3 is 25.5 Å². The highest BCUT2D eigenvalue weighted by atomic mass is 16.4. The van der Waals surface area contributed by atoms with Crippen molar-refractivity contribution in [3.8, 4) is 0 Å². The summed E-state index contributed by atoms with van der Waals surface area (Å²) in [4.78, 5) is 58.4. The zero-order valence-corrected chi connectivity index (χ0v) is 18.7. The summed E-state index contributed by atoms with van der Waals surface area (Å²) < 4.78 is 0. The first-order valence-corrected chi connectivity index (χ1v) is 10.8. The molecule has 0 aliphatic rings. The molecule has 0 heterocycles. The minimum absolute atomic E-state index is 0.0206. The molecule has 0 bridgehead atoms.